The van der Waals surface area contributed by atoms with E-state index in [2.05, 4.69) is 25.9 Å². The number of benzene rings is 2. The molecule has 204 valence electrons. The molecule has 0 atom stereocenters. The summed E-state index contributed by atoms with van der Waals surface area (Å²) in [6, 6.07) is 13.6. The Hall–Kier alpha value is -5.26. The second kappa shape index (κ2) is 10.5. The average Bonchev–Trinajstić information content (AvgIpc) is 3.52. The Labute approximate surface area is 228 Å². The number of nitrogens with one attached hydrogen (secondary N) is 3. The van der Waals surface area contributed by atoms with Crippen LogP contribution in [0.4, 0.5) is 26.5 Å². The molecule has 12 heteroatoms. The Morgan fingerprint density at radius 3 is 2.50 bits per heavy atom. The van der Waals surface area contributed by atoms with E-state index in [1.807, 2.05) is 20.8 Å². The summed E-state index contributed by atoms with van der Waals surface area (Å²) in [5.74, 6) is 0.249. The van der Waals surface area contributed by atoms with Crippen LogP contribution < -0.4 is 20.7 Å². The van der Waals surface area contributed by atoms with Crippen molar-refractivity contribution in [2.24, 2.45) is 0 Å². The molecular weight excluding hydrogens is 517 g/mol. The maximum Gasteiger partial charge on any atom is 0.324 e. The van der Waals surface area contributed by atoms with Crippen molar-refractivity contribution in [2.45, 2.75) is 33.1 Å². The molecule has 3 N–H and O–H groups in total. The third-order valence-electron chi connectivity index (χ3n) is 5.74. The van der Waals surface area contributed by atoms with Crippen molar-refractivity contribution in [2.75, 3.05) is 16.0 Å². The molecule has 0 aliphatic heterocycles. The first-order valence-corrected chi connectivity index (χ1v) is 12.3. The van der Waals surface area contributed by atoms with E-state index in [1.54, 1.807) is 35.0 Å². The molecular formula is C28H26FN7O4. The van der Waals surface area contributed by atoms with Gasteiger partial charge in [-0.3, -0.25) is 10.1 Å². The predicted octanol–water partition coefficient (Wildman–Crippen LogP) is 6.24. The van der Waals surface area contributed by atoms with Crippen LogP contribution in [0.2, 0.25) is 0 Å². The van der Waals surface area contributed by atoms with Gasteiger partial charge in [0, 0.05) is 36.7 Å². The summed E-state index contributed by atoms with van der Waals surface area (Å²) in [5, 5.41) is 12.5. The van der Waals surface area contributed by atoms with Crippen molar-refractivity contribution in [1.29, 1.82) is 0 Å². The van der Waals surface area contributed by atoms with Crippen molar-refractivity contribution in [3.8, 4) is 17.2 Å². The summed E-state index contributed by atoms with van der Waals surface area (Å²) in [6.45, 7) is 7.39. The van der Waals surface area contributed by atoms with Crippen LogP contribution in [0.5, 0.6) is 11.5 Å². The molecule has 0 saturated carbocycles. The number of fused-ring (bicyclic) bond motifs is 1. The average molecular weight is 544 g/mol. The van der Waals surface area contributed by atoms with E-state index in [9.17, 15) is 14.0 Å². The summed E-state index contributed by atoms with van der Waals surface area (Å²) < 4.78 is 27.5. The number of aromatic nitrogens is 4. The number of urea groups is 1. The highest BCUT2D eigenvalue weighted by molar-refractivity contribution is 5.99. The van der Waals surface area contributed by atoms with Crippen LogP contribution in [0, 0.1) is 5.82 Å². The van der Waals surface area contributed by atoms with Gasteiger partial charge in [-0.05, 0) is 36.4 Å². The molecule has 0 saturated heterocycles. The minimum atomic E-state index is -0.704. The number of carbonyl (C=O) groups is 2. The highest BCUT2D eigenvalue weighted by atomic mass is 19.1. The van der Waals surface area contributed by atoms with Crippen LogP contribution in [0.1, 0.15) is 33.4 Å². The maximum absolute atomic E-state index is 14.9. The van der Waals surface area contributed by atoms with E-state index in [-0.39, 0.29) is 22.8 Å². The van der Waals surface area contributed by atoms with Crippen LogP contribution in [0.25, 0.3) is 16.8 Å². The molecule has 0 fully saturated rings. The molecule has 11 nitrogen and oxygen atoms in total. The minimum absolute atomic E-state index is 0.0513. The molecule has 0 spiro atoms. The number of hydrogen-bond donors (Lipinski definition) is 3. The smallest absolute Gasteiger partial charge is 0.324 e. The molecule has 0 radical (unpaired) electrons. The topological polar surface area (TPSA) is 136 Å². The highest BCUT2D eigenvalue weighted by Crippen LogP contribution is 2.29. The zero-order chi connectivity index (χ0) is 28.4. The standard InChI is InChI=1S/C28H26FN7O4/c1-16(37)32-25-13-19(9-10-30-25)40-18-6-7-21(20(29)12-18)33-27(38)34-26-14-24(28(2,3)4)35-36(26)17-5-8-23-22(11-17)31-15-39-23/h5-15H,1-4H3,(H,30,32,37)(H2,33,34,38). The van der Waals surface area contributed by atoms with Crippen LogP contribution in [0.3, 0.4) is 0 Å². The predicted molar refractivity (Wildman–Crippen MR) is 147 cm³/mol. The van der Waals surface area contributed by atoms with Crippen molar-refractivity contribution in [3.63, 3.8) is 0 Å². The fraction of sp³-hybridized carbons (Fsp3) is 0.179. The fourth-order valence-corrected chi connectivity index (χ4v) is 3.80. The lowest BCUT2D eigenvalue weighted by atomic mass is 9.92. The van der Waals surface area contributed by atoms with Gasteiger partial charge in [0.1, 0.15) is 34.5 Å². The van der Waals surface area contributed by atoms with E-state index in [0.717, 1.165) is 11.8 Å². The first-order valence-electron chi connectivity index (χ1n) is 12.3. The Balaban J connectivity index is 1.33. The normalized spacial score (nSPS) is 11.3. The number of rotatable bonds is 6. The zero-order valence-electron chi connectivity index (χ0n) is 22.2. The zero-order valence-corrected chi connectivity index (χ0v) is 22.2. The third-order valence-corrected chi connectivity index (χ3v) is 5.74. The number of hydrogen-bond acceptors (Lipinski definition) is 7. The van der Waals surface area contributed by atoms with E-state index < -0.39 is 11.8 Å². The second-order valence-corrected chi connectivity index (χ2v) is 9.96. The molecule has 5 aromatic rings. The van der Waals surface area contributed by atoms with Gasteiger partial charge in [0.05, 0.1) is 17.1 Å². The van der Waals surface area contributed by atoms with E-state index in [4.69, 9.17) is 14.3 Å². The Kier molecular flexibility index (Phi) is 6.91. The molecule has 0 unspecified atom stereocenters. The van der Waals surface area contributed by atoms with Gasteiger partial charge in [0.15, 0.2) is 12.0 Å². The number of carbonyl (C=O) groups excluding carboxylic acids is 2. The van der Waals surface area contributed by atoms with Crippen LogP contribution in [-0.2, 0) is 10.2 Å². The van der Waals surface area contributed by atoms with Gasteiger partial charge in [-0.15, -0.1) is 0 Å². The lowest BCUT2D eigenvalue weighted by Gasteiger charge is -2.14. The number of anilines is 3. The molecule has 0 aliphatic carbocycles. The lowest BCUT2D eigenvalue weighted by molar-refractivity contribution is -0.114. The van der Waals surface area contributed by atoms with Gasteiger partial charge >= 0.3 is 6.03 Å². The van der Waals surface area contributed by atoms with Crippen molar-refractivity contribution in [3.05, 3.63) is 78.7 Å². The van der Waals surface area contributed by atoms with E-state index in [0.29, 0.717) is 34.2 Å². The summed E-state index contributed by atoms with van der Waals surface area (Å²) in [5.41, 5.74) is 2.33. The minimum Gasteiger partial charge on any atom is -0.457 e. The molecule has 2 aromatic carbocycles. The third kappa shape index (κ3) is 5.90. The van der Waals surface area contributed by atoms with Gasteiger partial charge in [0.2, 0.25) is 5.91 Å². The van der Waals surface area contributed by atoms with Gasteiger partial charge in [-0.25, -0.2) is 23.8 Å². The summed E-state index contributed by atoms with van der Waals surface area (Å²) in [7, 11) is 0. The first kappa shape index (κ1) is 26.4. The lowest BCUT2D eigenvalue weighted by Crippen LogP contribution is -2.22. The number of nitrogens with zero attached hydrogens (tertiary/aromatic N) is 4. The molecule has 3 heterocycles. The Morgan fingerprint density at radius 1 is 0.950 bits per heavy atom. The molecule has 0 aliphatic rings. The second-order valence-electron chi connectivity index (χ2n) is 9.96. The molecule has 3 aromatic heterocycles. The number of oxazole rings is 1. The number of halogens is 1. The molecule has 40 heavy (non-hydrogen) atoms. The van der Waals surface area contributed by atoms with E-state index in [1.165, 1.54) is 37.7 Å². The monoisotopic (exact) mass is 543 g/mol. The summed E-state index contributed by atoms with van der Waals surface area (Å²) >= 11 is 0. The van der Waals surface area contributed by atoms with Crippen molar-refractivity contribution in [1.82, 2.24) is 19.7 Å². The summed E-state index contributed by atoms with van der Waals surface area (Å²) in [6.07, 6.45) is 2.81. The Bertz CT molecular complexity index is 1720. The van der Waals surface area contributed by atoms with Gasteiger partial charge in [-0.2, -0.15) is 5.10 Å². The first-order chi connectivity index (χ1) is 19.0. The number of amides is 3. The van der Waals surface area contributed by atoms with Gasteiger partial charge in [0.25, 0.3) is 0 Å². The van der Waals surface area contributed by atoms with Gasteiger partial charge in [-0.1, -0.05) is 20.8 Å². The number of ether oxygens (including phenoxy) is 1. The quantitative estimate of drug-likeness (QED) is 0.231. The van der Waals surface area contributed by atoms with Crippen molar-refractivity contribution < 1.29 is 23.1 Å². The Morgan fingerprint density at radius 2 is 1.75 bits per heavy atom. The molecule has 5 rings (SSSR count). The van der Waals surface area contributed by atoms with Crippen LogP contribution in [0.15, 0.2) is 71.6 Å². The molecule has 3 amide bonds. The fourth-order valence-electron chi connectivity index (χ4n) is 3.80. The maximum atomic E-state index is 14.9. The SMILES string of the molecule is CC(=O)Nc1cc(Oc2ccc(NC(=O)Nc3cc(C(C)(C)C)nn3-c3ccc4ocnc4c3)c(F)c2)ccn1. The highest BCUT2D eigenvalue weighted by Gasteiger charge is 2.22. The van der Waals surface area contributed by atoms with Crippen LogP contribution in [-0.4, -0.2) is 31.7 Å². The largest absolute Gasteiger partial charge is 0.457 e. The molecule has 0 bridgehead atoms. The number of pyridine rings is 1. The van der Waals surface area contributed by atoms with Crippen LogP contribution >= 0.6 is 0 Å². The van der Waals surface area contributed by atoms with Crippen molar-refractivity contribution >= 4 is 40.4 Å². The van der Waals surface area contributed by atoms with E-state index >= 15 is 0 Å². The summed E-state index contributed by atoms with van der Waals surface area (Å²) in [4.78, 5) is 32.4. The van der Waals surface area contributed by atoms with Gasteiger partial charge < -0.3 is 19.8 Å².